The largest absolute Gasteiger partial charge is 0.477 e. The summed E-state index contributed by atoms with van der Waals surface area (Å²) >= 11 is 0. The molecule has 116 valence electrons. The molecule has 0 bridgehead atoms. The lowest BCUT2D eigenvalue weighted by Crippen LogP contribution is -2.19. The van der Waals surface area contributed by atoms with Gasteiger partial charge in [0.2, 0.25) is 5.43 Å². The first-order valence-corrected chi connectivity index (χ1v) is 6.40. The van der Waals surface area contributed by atoms with Crippen molar-refractivity contribution in [3.8, 4) is 5.75 Å². The molecule has 0 aliphatic heterocycles. The topological polar surface area (TPSA) is 68.5 Å². The molecular formula is C14H10F3NO4. The Morgan fingerprint density at radius 1 is 1.41 bits per heavy atom. The summed E-state index contributed by atoms with van der Waals surface area (Å²) < 4.78 is 44.0. The van der Waals surface area contributed by atoms with Gasteiger partial charge in [0.1, 0.15) is 11.7 Å². The van der Waals surface area contributed by atoms with Crippen LogP contribution in [0.1, 0.15) is 22.8 Å². The van der Waals surface area contributed by atoms with Crippen molar-refractivity contribution in [2.45, 2.75) is 25.2 Å². The number of fused-ring (bicyclic) bond motifs is 1. The maximum absolute atomic E-state index is 13.4. The Kier molecular flexibility index (Phi) is 3.31. The highest BCUT2D eigenvalue weighted by molar-refractivity contribution is 5.94. The van der Waals surface area contributed by atoms with Crippen molar-refractivity contribution in [3.63, 3.8) is 0 Å². The zero-order valence-electron chi connectivity index (χ0n) is 11.0. The van der Waals surface area contributed by atoms with Gasteiger partial charge >= 0.3 is 12.6 Å². The predicted molar refractivity (Wildman–Crippen MR) is 70.3 cm³/mol. The summed E-state index contributed by atoms with van der Waals surface area (Å²) in [7, 11) is 0. The van der Waals surface area contributed by atoms with E-state index in [4.69, 9.17) is 5.11 Å². The molecule has 1 heterocycles. The van der Waals surface area contributed by atoms with E-state index < -0.39 is 35.8 Å². The fraction of sp³-hybridized carbons (Fsp3) is 0.286. The Hall–Kier alpha value is -2.51. The molecule has 1 N–H and O–H groups in total. The summed E-state index contributed by atoms with van der Waals surface area (Å²) in [5.41, 5.74) is -1.39. The third kappa shape index (κ3) is 2.30. The number of carboxylic acid groups (broad SMARTS) is 1. The van der Waals surface area contributed by atoms with Gasteiger partial charge in [0, 0.05) is 12.6 Å². The van der Waals surface area contributed by atoms with Crippen LogP contribution in [-0.4, -0.2) is 28.4 Å². The maximum Gasteiger partial charge on any atom is 0.387 e. The molecule has 5 nitrogen and oxygen atoms in total. The second kappa shape index (κ2) is 5.04. The Balaban J connectivity index is 2.34. The SMILES string of the molecule is O=C(O)c1cn([C@@H]2C[C@H]2F)c2c(OC(F)F)cccc2c1=O. The normalized spacial score (nSPS) is 20.4. The minimum Gasteiger partial charge on any atom is -0.477 e. The molecule has 1 fully saturated rings. The Morgan fingerprint density at radius 3 is 2.64 bits per heavy atom. The monoisotopic (exact) mass is 313 g/mol. The first-order valence-electron chi connectivity index (χ1n) is 6.40. The smallest absolute Gasteiger partial charge is 0.387 e. The first kappa shape index (κ1) is 14.4. The van der Waals surface area contributed by atoms with E-state index in [1.165, 1.54) is 22.8 Å². The Morgan fingerprint density at radius 2 is 2.09 bits per heavy atom. The number of hydrogen-bond acceptors (Lipinski definition) is 3. The number of alkyl halides is 3. The van der Waals surface area contributed by atoms with Crippen molar-refractivity contribution in [1.82, 2.24) is 4.57 Å². The molecule has 2 aromatic rings. The number of para-hydroxylation sites is 1. The zero-order valence-corrected chi connectivity index (χ0v) is 11.0. The number of aromatic nitrogens is 1. The number of benzene rings is 1. The predicted octanol–water partition coefficient (Wildman–Crippen LogP) is 2.58. The minimum absolute atomic E-state index is 0.0250. The highest BCUT2D eigenvalue weighted by Crippen LogP contribution is 2.42. The molecule has 2 atom stereocenters. The average Bonchev–Trinajstić information content (AvgIpc) is 3.16. The van der Waals surface area contributed by atoms with Crippen LogP contribution in [0.15, 0.2) is 29.2 Å². The highest BCUT2D eigenvalue weighted by Gasteiger charge is 2.40. The molecule has 1 aromatic carbocycles. The fourth-order valence-corrected chi connectivity index (χ4v) is 2.42. The van der Waals surface area contributed by atoms with Crippen molar-refractivity contribution in [3.05, 3.63) is 40.2 Å². The molecule has 1 saturated carbocycles. The lowest BCUT2D eigenvalue weighted by molar-refractivity contribution is -0.0490. The summed E-state index contributed by atoms with van der Waals surface area (Å²) in [4.78, 5) is 23.3. The van der Waals surface area contributed by atoms with Gasteiger partial charge in [-0.05, 0) is 12.1 Å². The third-order valence-electron chi connectivity index (χ3n) is 3.50. The number of carbonyl (C=O) groups is 1. The van der Waals surface area contributed by atoms with Crippen molar-refractivity contribution in [1.29, 1.82) is 0 Å². The van der Waals surface area contributed by atoms with Gasteiger partial charge in [-0.15, -0.1) is 0 Å². The number of carboxylic acids is 1. The van der Waals surface area contributed by atoms with Gasteiger partial charge < -0.3 is 14.4 Å². The molecular weight excluding hydrogens is 303 g/mol. The van der Waals surface area contributed by atoms with Crippen molar-refractivity contribution >= 4 is 16.9 Å². The van der Waals surface area contributed by atoms with Crippen LogP contribution in [0.5, 0.6) is 5.75 Å². The van der Waals surface area contributed by atoms with Crippen LogP contribution in [0, 0.1) is 0 Å². The van der Waals surface area contributed by atoms with Crippen LogP contribution in [0.2, 0.25) is 0 Å². The number of aromatic carboxylic acids is 1. The Bertz CT molecular complexity index is 818. The summed E-state index contributed by atoms with van der Waals surface area (Å²) in [6, 6.07) is 3.13. The first-order chi connectivity index (χ1) is 10.4. The number of ether oxygens (including phenoxy) is 1. The summed E-state index contributed by atoms with van der Waals surface area (Å²) in [6.07, 6.45) is -0.109. The molecule has 22 heavy (non-hydrogen) atoms. The van der Waals surface area contributed by atoms with E-state index in [1.54, 1.807) is 0 Å². The van der Waals surface area contributed by atoms with Crippen LogP contribution < -0.4 is 10.2 Å². The maximum atomic E-state index is 13.4. The summed E-state index contributed by atoms with van der Waals surface area (Å²) in [5.74, 6) is -1.75. The molecule has 8 heteroatoms. The zero-order chi connectivity index (χ0) is 16.0. The van der Waals surface area contributed by atoms with E-state index in [9.17, 15) is 22.8 Å². The second-order valence-corrected chi connectivity index (χ2v) is 4.93. The third-order valence-corrected chi connectivity index (χ3v) is 3.50. The van der Waals surface area contributed by atoms with Crippen LogP contribution in [0.4, 0.5) is 13.2 Å². The molecule has 0 saturated heterocycles. The Labute approximate surface area is 121 Å². The van der Waals surface area contributed by atoms with E-state index in [1.807, 2.05) is 0 Å². The molecule has 0 amide bonds. The van der Waals surface area contributed by atoms with Gasteiger partial charge in [-0.1, -0.05) is 6.07 Å². The second-order valence-electron chi connectivity index (χ2n) is 4.93. The number of nitrogens with zero attached hydrogens (tertiary/aromatic N) is 1. The van der Waals surface area contributed by atoms with Crippen LogP contribution in [-0.2, 0) is 0 Å². The van der Waals surface area contributed by atoms with Crippen molar-refractivity contribution in [2.24, 2.45) is 0 Å². The molecule has 0 unspecified atom stereocenters. The van der Waals surface area contributed by atoms with Crippen molar-refractivity contribution in [2.75, 3.05) is 0 Å². The van der Waals surface area contributed by atoms with E-state index >= 15 is 0 Å². The molecule has 0 spiro atoms. The van der Waals surface area contributed by atoms with Gasteiger partial charge in [-0.25, -0.2) is 9.18 Å². The molecule has 3 rings (SSSR count). The number of hydrogen-bond donors (Lipinski definition) is 1. The van der Waals surface area contributed by atoms with E-state index in [0.717, 1.165) is 6.20 Å². The van der Waals surface area contributed by atoms with E-state index in [0.29, 0.717) is 0 Å². The molecule has 1 aliphatic rings. The average molecular weight is 313 g/mol. The molecule has 0 radical (unpaired) electrons. The number of rotatable bonds is 4. The van der Waals surface area contributed by atoms with Gasteiger partial charge in [0.05, 0.1) is 16.9 Å². The standard InChI is InChI=1S/C14H10F3NO4/c15-8-4-9(8)18-5-7(13(20)21)12(19)6-2-1-3-10(11(6)18)22-14(16)17/h1-3,5,8-9,14H,4H2,(H,20,21)/t8-,9-/m1/s1. The van der Waals surface area contributed by atoms with E-state index in [2.05, 4.69) is 4.74 Å². The summed E-state index contributed by atoms with van der Waals surface area (Å²) in [6.45, 7) is -3.12. The number of halogens is 3. The summed E-state index contributed by atoms with van der Waals surface area (Å²) in [5, 5.41) is 8.97. The fourth-order valence-electron chi connectivity index (χ4n) is 2.42. The number of pyridine rings is 1. The minimum atomic E-state index is -3.12. The quantitative estimate of drug-likeness (QED) is 0.942. The van der Waals surface area contributed by atoms with Gasteiger partial charge in [-0.2, -0.15) is 8.78 Å². The van der Waals surface area contributed by atoms with Crippen molar-refractivity contribution < 1.29 is 27.8 Å². The lowest BCUT2D eigenvalue weighted by Gasteiger charge is -2.15. The van der Waals surface area contributed by atoms with Gasteiger partial charge in [0.25, 0.3) is 0 Å². The lowest BCUT2D eigenvalue weighted by atomic mass is 10.1. The molecule has 1 aliphatic carbocycles. The van der Waals surface area contributed by atoms with E-state index in [-0.39, 0.29) is 23.1 Å². The highest BCUT2D eigenvalue weighted by atomic mass is 19.3. The van der Waals surface area contributed by atoms with Crippen LogP contribution in [0.3, 0.4) is 0 Å². The van der Waals surface area contributed by atoms with Gasteiger partial charge in [0.15, 0.2) is 5.75 Å². The van der Waals surface area contributed by atoms with Gasteiger partial charge in [-0.3, -0.25) is 4.79 Å². The van der Waals surface area contributed by atoms with Crippen LogP contribution in [0.25, 0.3) is 10.9 Å². The van der Waals surface area contributed by atoms with Crippen LogP contribution >= 0.6 is 0 Å². The molecule has 1 aromatic heterocycles.